The lowest BCUT2D eigenvalue weighted by Crippen LogP contribution is -2.19. The molecular weight excluding hydrogens is 307 g/mol. The second-order valence-electron chi connectivity index (χ2n) is 4.99. The number of halogens is 3. The highest BCUT2D eigenvalue weighted by atomic mass is 32.2. The normalized spacial score (nSPS) is 14.0. The fourth-order valence-corrected chi connectivity index (χ4v) is 2.11. The molecule has 0 bridgehead atoms. The standard InChI is InChI=1S/C13H18F3NO3S/c1-9(17)7-10-3-4-12(11(8-10)13(14,15)16)20-5-6-21(2,18)19/h3-4,8-9H,5-7,17H2,1-2H3. The van der Waals surface area contributed by atoms with Crippen LogP contribution in [0.25, 0.3) is 0 Å². The van der Waals surface area contributed by atoms with Crippen molar-refractivity contribution in [1.82, 2.24) is 0 Å². The number of sulfone groups is 1. The lowest BCUT2D eigenvalue weighted by Gasteiger charge is -2.16. The minimum atomic E-state index is -4.58. The lowest BCUT2D eigenvalue weighted by molar-refractivity contribution is -0.138. The van der Waals surface area contributed by atoms with Crippen LogP contribution in [0.5, 0.6) is 5.75 Å². The van der Waals surface area contributed by atoms with E-state index in [2.05, 4.69) is 0 Å². The highest BCUT2D eigenvalue weighted by Gasteiger charge is 2.34. The highest BCUT2D eigenvalue weighted by molar-refractivity contribution is 7.90. The average Bonchev–Trinajstić information content (AvgIpc) is 2.27. The second kappa shape index (κ2) is 6.65. The minimum Gasteiger partial charge on any atom is -0.492 e. The highest BCUT2D eigenvalue weighted by Crippen LogP contribution is 2.37. The van der Waals surface area contributed by atoms with Gasteiger partial charge in [0.05, 0.1) is 11.3 Å². The summed E-state index contributed by atoms with van der Waals surface area (Å²) >= 11 is 0. The summed E-state index contributed by atoms with van der Waals surface area (Å²) in [6.07, 6.45) is -3.27. The van der Waals surface area contributed by atoms with Crippen molar-refractivity contribution >= 4 is 9.84 Å². The van der Waals surface area contributed by atoms with E-state index in [9.17, 15) is 21.6 Å². The number of ether oxygens (including phenoxy) is 1. The molecule has 8 heteroatoms. The van der Waals surface area contributed by atoms with Gasteiger partial charge >= 0.3 is 6.18 Å². The molecule has 1 unspecified atom stereocenters. The van der Waals surface area contributed by atoms with E-state index in [0.29, 0.717) is 12.0 Å². The van der Waals surface area contributed by atoms with E-state index >= 15 is 0 Å². The van der Waals surface area contributed by atoms with E-state index < -0.39 is 21.6 Å². The van der Waals surface area contributed by atoms with Crippen molar-refractivity contribution in [1.29, 1.82) is 0 Å². The first-order chi connectivity index (χ1) is 9.49. The maximum atomic E-state index is 13.0. The van der Waals surface area contributed by atoms with E-state index in [4.69, 9.17) is 10.5 Å². The molecule has 1 aromatic rings. The minimum absolute atomic E-state index is 0.261. The van der Waals surface area contributed by atoms with E-state index in [-0.39, 0.29) is 24.2 Å². The summed E-state index contributed by atoms with van der Waals surface area (Å²) in [4.78, 5) is 0. The molecule has 0 saturated heterocycles. The van der Waals surface area contributed by atoms with Crippen molar-refractivity contribution in [2.75, 3.05) is 18.6 Å². The number of alkyl halides is 3. The maximum absolute atomic E-state index is 13.0. The van der Waals surface area contributed by atoms with E-state index in [0.717, 1.165) is 12.3 Å². The van der Waals surface area contributed by atoms with Gasteiger partial charge in [-0.3, -0.25) is 0 Å². The maximum Gasteiger partial charge on any atom is 0.419 e. The molecule has 0 heterocycles. The molecule has 0 saturated carbocycles. The molecule has 4 nitrogen and oxygen atoms in total. The average molecular weight is 325 g/mol. The quantitative estimate of drug-likeness (QED) is 0.869. The van der Waals surface area contributed by atoms with Crippen molar-refractivity contribution in [3.63, 3.8) is 0 Å². The SMILES string of the molecule is CC(N)Cc1ccc(OCCS(C)(=O)=O)c(C(F)(F)F)c1. The number of nitrogens with two attached hydrogens (primary N) is 1. The molecular formula is C13H18F3NO3S. The summed E-state index contributed by atoms with van der Waals surface area (Å²) in [5.74, 6) is -0.717. The molecule has 2 N–H and O–H groups in total. The molecule has 1 atom stereocenters. The first-order valence-corrected chi connectivity index (χ1v) is 8.31. The Hall–Kier alpha value is -1.28. The van der Waals surface area contributed by atoms with Crippen molar-refractivity contribution in [3.8, 4) is 5.75 Å². The first kappa shape index (κ1) is 17.8. The number of hydrogen-bond acceptors (Lipinski definition) is 4. The van der Waals surface area contributed by atoms with Gasteiger partial charge in [-0.05, 0) is 31.0 Å². The van der Waals surface area contributed by atoms with Crippen LogP contribution in [0.4, 0.5) is 13.2 Å². The van der Waals surface area contributed by atoms with Crippen LogP contribution in [0.1, 0.15) is 18.1 Å². The van der Waals surface area contributed by atoms with Gasteiger partial charge in [0.1, 0.15) is 12.4 Å². The number of benzene rings is 1. The summed E-state index contributed by atoms with van der Waals surface area (Å²) in [6.45, 7) is 1.37. The van der Waals surface area contributed by atoms with Crippen LogP contribution in [0, 0.1) is 0 Å². The molecule has 0 aromatic heterocycles. The summed E-state index contributed by atoms with van der Waals surface area (Å²) < 4.78 is 65.9. The molecule has 0 spiro atoms. The molecule has 120 valence electrons. The number of rotatable bonds is 6. The van der Waals surface area contributed by atoms with Crippen LogP contribution in [-0.4, -0.2) is 33.1 Å². The first-order valence-electron chi connectivity index (χ1n) is 6.25. The number of hydrogen-bond donors (Lipinski definition) is 1. The fraction of sp³-hybridized carbons (Fsp3) is 0.538. The van der Waals surface area contributed by atoms with Crippen molar-refractivity contribution < 1.29 is 26.3 Å². The van der Waals surface area contributed by atoms with Gasteiger partial charge in [0.2, 0.25) is 0 Å². The van der Waals surface area contributed by atoms with Gasteiger partial charge in [-0.1, -0.05) is 6.07 Å². The zero-order valence-electron chi connectivity index (χ0n) is 11.8. The van der Waals surface area contributed by atoms with Crippen LogP contribution in [0.15, 0.2) is 18.2 Å². The van der Waals surface area contributed by atoms with Gasteiger partial charge in [-0.25, -0.2) is 8.42 Å². The molecule has 0 radical (unpaired) electrons. The van der Waals surface area contributed by atoms with Gasteiger partial charge in [-0.15, -0.1) is 0 Å². The fourth-order valence-electron chi connectivity index (χ4n) is 1.73. The smallest absolute Gasteiger partial charge is 0.419 e. The van der Waals surface area contributed by atoms with Crippen LogP contribution < -0.4 is 10.5 Å². The predicted molar refractivity (Wildman–Crippen MR) is 74.0 cm³/mol. The molecule has 21 heavy (non-hydrogen) atoms. The van der Waals surface area contributed by atoms with Gasteiger partial charge in [0.25, 0.3) is 0 Å². The van der Waals surface area contributed by atoms with Crippen molar-refractivity contribution in [3.05, 3.63) is 29.3 Å². The summed E-state index contributed by atoms with van der Waals surface area (Å²) in [5, 5.41) is 0. The molecule has 0 amide bonds. The Kier molecular flexibility index (Phi) is 5.63. The van der Waals surface area contributed by atoms with Gasteiger partial charge in [-0.2, -0.15) is 13.2 Å². The van der Waals surface area contributed by atoms with E-state index in [1.165, 1.54) is 12.1 Å². The predicted octanol–water partition coefficient (Wildman–Crippen LogP) is 2.02. The van der Waals surface area contributed by atoms with Crippen LogP contribution >= 0.6 is 0 Å². The largest absolute Gasteiger partial charge is 0.492 e. The molecule has 0 aliphatic rings. The summed E-state index contributed by atoms with van der Waals surface area (Å²) in [5.41, 5.74) is 5.10. The summed E-state index contributed by atoms with van der Waals surface area (Å²) in [6, 6.07) is 3.42. The third-order valence-corrected chi connectivity index (χ3v) is 3.53. The molecule has 1 aromatic carbocycles. The van der Waals surface area contributed by atoms with Crippen LogP contribution in [-0.2, 0) is 22.4 Å². The van der Waals surface area contributed by atoms with Crippen molar-refractivity contribution in [2.24, 2.45) is 5.73 Å². The zero-order chi connectivity index (χ0) is 16.3. The zero-order valence-corrected chi connectivity index (χ0v) is 12.6. The lowest BCUT2D eigenvalue weighted by atomic mass is 10.0. The molecule has 1 rings (SSSR count). The Balaban J connectivity index is 2.97. The Bertz CT molecular complexity index is 583. The van der Waals surface area contributed by atoms with E-state index in [1.807, 2.05) is 0 Å². The van der Waals surface area contributed by atoms with Gasteiger partial charge in [0, 0.05) is 12.3 Å². The third-order valence-electron chi connectivity index (χ3n) is 2.62. The molecule has 0 aliphatic heterocycles. The van der Waals surface area contributed by atoms with Crippen LogP contribution in [0.2, 0.25) is 0 Å². The Morgan fingerprint density at radius 2 is 1.95 bits per heavy atom. The Morgan fingerprint density at radius 3 is 2.43 bits per heavy atom. The summed E-state index contributed by atoms with van der Waals surface area (Å²) in [7, 11) is -3.29. The van der Waals surface area contributed by atoms with Crippen molar-refractivity contribution in [2.45, 2.75) is 25.6 Å². The Morgan fingerprint density at radius 1 is 1.33 bits per heavy atom. The second-order valence-corrected chi connectivity index (χ2v) is 7.25. The monoisotopic (exact) mass is 325 g/mol. The molecule has 0 fully saturated rings. The van der Waals surface area contributed by atoms with Gasteiger partial charge in [0.15, 0.2) is 9.84 Å². The van der Waals surface area contributed by atoms with Crippen LogP contribution in [0.3, 0.4) is 0 Å². The van der Waals surface area contributed by atoms with E-state index in [1.54, 1.807) is 6.92 Å². The molecule has 0 aliphatic carbocycles. The van der Waals surface area contributed by atoms with Gasteiger partial charge < -0.3 is 10.5 Å². The Labute approximate surface area is 122 Å². The third kappa shape index (κ3) is 6.34. The topological polar surface area (TPSA) is 69.4 Å².